The van der Waals surface area contributed by atoms with Crippen LogP contribution in [0.1, 0.15) is 15.9 Å². The Morgan fingerprint density at radius 3 is 2.55 bits per heavy atom. The van der Waals surface area contributed by atoms with Gasteiger partial charge in [0.2, 0.25) is 0 Å². The zero-order chi connectivity index (χ0) is 16.3. The fourth-order valence-electron chi connectivity index (χ4n) is 1.75. The summed E-state index contributed by atoms with van der Waals surface area (Å²) >= 11 is 5.89. The van der Waals surface area contributed by atoms with Crippen LogP contribution in [-0.2, 0) is 9.84 Å². The molecule has 0 aliphatic rings. The van der Waals surface area contributed by atoms with Crippen LogP contribution in [0.3, 0.4) is 0 Å². The molecule has 0 saturated carbocycles. The maximum absolute atomic E-state index is 12.1. The highest BCUT2D eigenvalue weighted by atomic mass is 35.5. The molecule has 7 heteroatoms. The highest BCUT2D eigenvalue weighted by molar-refractivity contribution is 7.90. The maximum atomic E-state index is 12.1. The van der Waals surface area contributed by atoms with E-state index < -0.39 is 15.7 Å². The molecule has 0 unspecified atom stereocenters. The Bertz CT molecular complexity index is 886. The van der Waals surface area contributed by atoms with Crippen LogP contribution in [0.5, 0.6) is 0 Å². The van der Waals surface area contributed by atoms with Gasteiger partial charge in [0.1, 0.15) is 6.07 Å². The molecular weight excluding hydrogens is 324 g/mol. The number of benzene rings is 2. The summed E-state index contributed by atoms with van der Waals surface area (Å²) in [6.45, 7) is 0. The van der Waals surface area contributed by atoms with Gasteiger partial charge < -0.3 is 5.32 Å². The van der Waals surface area contributed by atoms with E-state index in [-0.39, 0.29) is 15.5 Å². The predicted octanol–water partition coefficient (Wildman–Crippen LogP) is 2.87. The van der Waals surface area contributed by atoms with Crippen molar-refractivity contribution in [3.05, 3.63) is 58.6 Å². The molecule has 2 rings (SSSR count). The number of sulfone groups is 1. The van der Waals surface area contributed by atoms with Crippen molar-refractivity contribution in [3.8, 4) is 6.07 Å². The third kappa shape index (κ3) is 3.64. The van der Waals surface area contributed by atoms with Crippen LogP contribution >= 0.6 is 11.6 Å². The highest BCUT2D eigenvalue weighted by Crippen LogP contribution is 2.21. The van der Waals surface area contributed by atoms with Crippen molar-refractivity contribution >= 4 is 33.0 Å². The molecule has 22 heavy (non-hydrogen) atoms. The number of halogens is 1. The average Bonchev–Trinajstić information content (AvgIpc) is 2.46. The smallest absolute Gasteiger partial charge is 0.255 e. The van der Waals surface area contributed by atoms with Gasteiger partial charge in [0.05, 0.1) is 15.5 Å². The zero-order valence-corrected chi connectivity index (χ0v) is 13.1. The van der Waals surface area contributed by atoms with Gasteiger partial charge in [0.15, 0.2) is 9.84 Å². The lowest BCUT2D eigenvalue weighted by Gasteiger charge is -2.07. The number of carbonyl (C=O) groups excluding carboxylic acids is 1. The van der Waals surface area contributed by atoms with E-state index in [9.17, 15) is 13.2 Å². The van der Waals surface area contributed by atoms with Gasteiger partial charge in [-0.25, -0.2) is 8.42 Å². The molecule has 0 atom stereocenters. The molecule has 0 fully saturated rings. The van der Waals surface area contributed by atoms with Crippen LogP contribution in [0.25, 0.3) is 0 Å². The van der Waals surface area contributed by atoms with E-state index in [4.69, 9.17) is 16.9 Å². The topological polar surface area (TPSA) is 87.0 Å². The van der Waals surface area contributed by atoms with Crippen LogP contribution in [0.15, 0.2) is 47.4 Å². The molecule has 0 heterocycles. The molecule has 1 N–H and O–H groups in total. The predicted molar refractivity (Wildman–Crippen MR) is 83.7 cm³/mol. The Balaban J connectivity index is 2.27. The summed E-state index contributed by atoms with van der Waals surface area (Å²) in [5, 5.41) is 11.6. The Morgan fingerprint density at radius 2 is 1.95 bits per heavy atom. The molecule has 0 radical (unpaired) electrons. The monoisotopic (exact) mass is 334 g/mol. The first kappa shape index (κ1) is 16.0. The van der Waals surface area contributed by atoms with Gasteiger partial charge in [-0.1, -0.05) is 17.7 Å². The van der Waals surface area contributed by atoms with E-state index in [1.807, 2.05) is 6.07 Å². The molecule has 5 nitrogen and oxygen atoms in total. The van der Waals surface area contributed by atoms with E-state index in [0.717, 1.165) is 6.26 Å². The molecular formula is C15H11ClN2O3S. The number of carbonyl (C=O) groups is 1. The number of hydrogen-bond donors (Lipinski definition) is 1. The third-order valence-corrected chi connectivity index (χ3v) is 4.29. The van der Waals surface area contributed by atoms with Gasteiger partial charge in [-0.2, -0.15) is 5.26 Å². The van der Waals surface area contributed by atoms with Crippen LogP contribution in [0.4, 0.5) is 5.69 Å². The molecule has 0 aromatic heterocycles. The van der Waals surface area contributed by atoms with Gasteiger partial charge in [0.25, 0.3) is 5.91 Å². The van der Waals surface area contributed by atoms with Crippen LogP contribution in [0, 0.1) is 11.3 Å². The number of nitriles is 1. The molecule has 0 spiro atoms. The summed E-state index contributed by atoms with van der Waals surface area (Å²) in [7, 11) is -3.38. The summed E-state index contributed by atoms with van der Waals surface area (Å²) in [5.74, 6) is -0.466. The first-order valence-corrected chi connectivity index (χ1v) is 8.39. The second-order valence-electron chi connectivity index (χ2n) is 4.56. The first-order chi connectivity index (χ1) is 10.3. The lowest BCUT2D eigenvalue weighted by atomic mass is 10.2. The SMILES string of the molecule is CS(=O)(=O)c1cccc(C(=O)Nc2ccc(C#N)c(Cl)c2)c1. The molecule has 0 aliphatic carbocycles. The summed E-state index contributed by atoms with van der Waals surface area (Å²) in [5.41, 5.74) is 0.931. The van der Waals surface area contributed by atoms with Crippen molar-refractivity contribution in [2.45, 2.75) is 4.90 Å². The van der Waals surface area contributed by atoms with E-state index >= 15 is 0 Å². The number of rotatable bonds is 3. The number of nitrogens with one attached hydrogen (secondary N) is 1. The minimum Gasteiger partial charge on any atom is -0.322 e. The third-order valence-electron chi connectivity index (χ3n) is 2.87. The molecule has 2 aromatic rings. The normalized spacial score (nSPS) is 10.8. The van der Waals surface area contributed by atoms with Crippen LogP contribution in [-0.4, -0.2) is 20.6 Å². The van der Waals surface area contributed by atoms with Gasteiger partial charge in [-0.3, -0.25) is 4.79 Å². The van der Waals surface area contributed by atoms with Crippen LogP contribution in [0.2, 0.25) is 5.02 Å². The molecule has 2 aromatic carbocycles. The van der Waals surface area contributed by atoms with E-state index in [1.165, 1.54) is 36.4 Å². The maximum Gasteiger partial charge on any atom is 0.255 e. The fourth-order valence-corrected chi connectivity index (χ4v) is 2.64. The highest BCUT2D eigenvalue weighted by Gasteiger charge is 2.12. The van der Waals surface area contributed by atoms with Gasteiger partial charge in [-0.05, 0) is 36.4 Å². The van der Waals surface area contributed by atoms with E-state index in [2.05, 4.69) is 5.32 Å². The summed E-state index contributed by atoms with van der Waals surface area (Å²) in [6.07, 6.45) is 1.07. The Labute approximate surface area is 133 Å². The Kier molecular flexibility index (Phi) is 4.50. The fraction of sp³-hybridized carbons (Fsp3) is 0.0667. The first-order valence-electron chi connectivity index (χ1n) is 6.12. The lowest BCUT2D eigenvalue weighted by molar-refractivity contribution is 0.102. The molecule has 112 valence electrons. The van der Waals surface area contributed by atoms with Crippen molar-refractivity contribution in [2.75, 3.05) is 11.6 Å². The standard InChI is InChI=1S/C15H11ClN2O3S/c1-22(20,21)13-4-2-3-10(7-13)15(19)18-12-6-5-11(9-17)14(16)8-12/h2-8H,1H3,(H,18,19). The summed E-state index contributed by atoms with van der Waals surface area (Å²) in [6, 6.07) is 12.1. The quantitative estimate of drug-likeness (QED) is 0.934. The Morgan fingerprint density at radius 1 is 1.23 bits per heavy atom. The average molecular weight is 335 g/mol. The second-order valence-corrected chi connectivity index (χ2v) is 6.98. The number of nitrogens with zero attached hydrogens (tertiary/aromatic N) is 1. The van der Waals surface area contributed by atoms with Crippen molar-refractivity contribution in [3.63, 3.8) is 0 Å². The second kappa shape index (κ2) is 6.18. The van der Waals surface area contributed by atoms with Crippen molar-refractivity contribution in [1.29, 1.82) is 5.26 Å². The Hall–Kier alpha value is -2.36. The van der Waals surface area contributed by atoms with Gasteiger partial charge >= 0.3 is 0 Å². The molecule has 0 aliphatic heterocycles. The molecule has 0 saturated heterocycles. The van der Waals surface area contributed by atoms with E-state index in [1.54, 1.807) is 6.07 Å². The molecule has 1 amide bonds. The van der Waals surface area contributed by atoms with Crippen molar-refractivity contribution in [1.82, 2.24) is 0 Å². The minimum atomic E-state index is -3.38. The molecule has 0 bridgehead atoms. The number of hydrogen-bond acceptors (Lipinski definition) is 4. The largest absolute Gasteiger partial charge is 0.322 e. The van der Waals surface area contributed by atoms with Crippen molar-refractivity contribution < 1.29 is 13.2 Å². The van der Waals surface area contributed by atoms with Crippen molar-refractivity contribution in [2.24, 2.45) is 0 Å². The van der Waals surface area contributed by atoms with Gasteiger partial charge in [0, 0.05) is 17.5 Å². The zero-order valence-electron chi connectivity index (χ0n) is 11.5. The minimum absolute atomic E-state index is 0.0676. The number of amides is 1. The summed E-state index contributed by atoms with van der Waals surface area (Å²) < 4.78 is 23.0. The van der Waals surface area contributed by atoms with E-state index in [0.29, 0.717) is 11.3 Å². The summed E-state index contributed by atoms with van der Waals surface area (Å²) in [4.78, 5) is 12.2. The van der Waals surface area contributed by atoms with Gasteiger partial charge in [-0.15, -0.1) is 0 Å². The van der Waals surface area contributed by atoms with Crippen LogP contribution < -0.4 is 5.32 Å². The lowest BCUT2D eigenvalue weighted by Crippen LogP contribution is -2.12. The number of anilines is 1.